The normalized spacial score (nSPS) is 10.0. The second-order valence-electron chi connectivity index (χ2n) is 4.78. The fraction of sp³-hybridized carbons (Fsp3) is 0.167. The van der Waals surface area contributed by atoms with Crippen LogP contribution in [0.15, 0.2) is 48.5 Å². The van der Waals surface area contributed by atoms with Crippen molar-refractivity contribution in [2.45, 2.75) is 20.3 Å². The summed E-state index contributed by atoms with van der Waals surface area (Å²) in [6.45, 7) is 3.06. The number of hydrogen-bond donors (Lipinski definition) is 0. The minimum absolute atomic E-state index is 0.0185. The minimum atomic E-state index is -0.857. The third-order valence-electron chi connectivity index (χ3n) is 3.16. The molecule has 0 atom stereocenters. The average molecular weight is 312 g/mol. The average Bonchev–Trinajstić information content (AvgIpc) is 2.54. The van der Waals surface area contributed by atoms with Crippen molar-refractivity contribution in [1.29, 1.82) is 0 Å². The molecule has 0 fully saturated rings. The second-order valence-corrected chi connectivity index (χ2v) is 4.78. The summed E-state index contributed by atoms with van der Waals surface area (Å²) in [4.78, 5) is 35.1. The third-order valence-corrected chi connectivity index (χ3v) is 3.16. The maximum Gasteiger partial charge on any atom is 0.349 e. The first-order valence-corrected chi connectivity index (χ1v) is 7.14. The summed E-state index contributed by atoms with van der Waals surface area (Å²) in [5.41, 5.74) is 1.30. The van der Waals surface area contributed by atoms with Crippen molar-refractivity contribution in [3.8, 4) is 5.75 Å². The highest BCUT2D eigenvalue weighted by Gasteiger charge is 2.19. The van der Waals surface area contributed by atoms with Crippen LogP contribution in [0.2, 0.25) is 0 Å². The lowest BCUT2D eigenvalue weighted by Gasteiger charge is -2.10. The summed E-state index contributed by atoms with van der Waals surface area (Å²) in [7, 11) is 0. The number of carbonyl (C=O) groups is 3. The van der Waals surface area contributed by atoms with Gasteiger partial charge in [-0.05, 0) is 30.2 Å². The van der Waals surface area contributed by atoms with Gasteiger partial charge in [0.05, 0.1) is 5.56 Å². The van der Waals surface area contributed by atoms with Crippen LogP contribution in [0.5, 0.6) is 5.75 Å². The van der Waals surface area contributed by atoms with Crippen LogP contribution < -0.4 is 4.74 Å². The first kappa shape index (κ1) is 16.4. The maximum absolute atomic E-state index is 12.3. The summed E-state index contributed by atoms with van der Waals surface area (Å²) in [5, 5.41) is 0. The molecule has 2 aromatic carbocycles. The largest absolute Gasteiger partial charge is 0.422 e. The molecular weight excluding hydrogens is 296 g/mol. The number of carbonyl (C=O) groups excluding carboxylic acids is 3. The number of rotatable bonds is 4. The van der Waals surface area contributed by atoms with Gasteiger partial charge in [0.1, 0.15) is 11.3 Å². The quantitative estimate of drug-likeness (QED) is 0.493. The monoisotopic (exact) mass is 312 g/mol. The van der Waals surface area contributed by atoms with E-state index in [9.17, 15) is 14.4 Å². The lowest BCUT2D eigenvalue weighted by molar-refractivity contribution is -0.135. The van der Waals surface area contributed by atoms with E-state index in [4.69, 9.17) is 4.74 Å². The number of benzene rings is 2. The molecule has 5 nitrogen and oxygen atoms in total. The van der Waals surface area contributed by atoms with Crippen LogP contribution in [0.4, 0.5) is 0 Å². The fourth-order valence-electron chi connectivity index (χ4n) is 2.09. The number of aryl methyl sites for hydroxylation is 1. The standard InChI is InChI=1S/C18H16O5/c1-3-13-8-4-5-9-14(13)17(20)23-16-11-7-6-10-15(16)18(21)22-12(2)19/h4-11H,3H2,1-2H3. The number of hydrogen-bond acceptors (Lipinski definition) is 5. The molecule has 0 aromatic heterocycles. The molecule has 5 heteroatoms. The zero-order chi connectivity index (χ0) is 16.8. The van der Waals surface area contributed by atoms with Crippen molar-refractivity contribution in [3.63, 3.8) is 0 Å². The van der Waals surface area contributed by atoms with E-state index >= 15 is 0 Å². The van der Waals surface area contributed by atoms with Crippen LogP contribution in [0.25, 0.3) is 0 Å². The number of esters is 3. The van der Waals surface area contributed by atoms with Gasteiger partial charge in [0, 0.05) is 6.92 Å². The Balaban J connectivity index is 2.28. The Morgan fingerprint density at radius 2 is 1.48 bits per heavy atom. The van der Waals surface area contributed by atoms with Gasteiger partial charge in [-0.2, -0.15) is 0 Å². The van der Waals surface area contributed by atoms with Gasteiger partial charge in [-0.25, -0.2) is 9.59 Å². The Kier molecular flexibility index (Phi) is 5.25. The van der Waals surface area contributed by atoms with Crippen molar-refractivity contribution >= 4 is 17.9 Å². The first-order valence-electron chi connectivity index (χ1n) is 7.14. The summed E-state index contributed by atoms with van der Waals surface area (Å²) >= 11 is 0. The molecule has 0 aliphatic carbocycles. The van der Waals surface area contributed by atoms with E-state index in [1.807, 2.05) is 19.1 Å². The Bertz CT molecular complexity index is 749. The summed E-state index contributed by atoms with van der Waals surface area (Å²) in [6, 6.07) is 13.2. The van der Waals surface area contributed by atoms with Crippen LogP contribution in [0.3, 0.4) is 0 Å². The maximum atomic E-state index is 12.3. The number of ether oxygens (including phenoxy) is 2. The minimum Gasteiger partial charge on any atom is -0.422 e. The SMILES string of the molecule is CCc1ccccc1C(=O)Oc1ccccc1C(=O)OC(C)=O. The summed E-state index contributed by atoms with van der Waals surface area (Å²) < 4.78 is 9.87. The predicted molar refractivity (Wildman–Crippen MR) is 83.3 cm³/mol. The van der Waals surface area contributed by atoms with E-state index in [0.717, 1.165) is 12.5 Å². The lowest BCUT2D eigenvalue weighted by Crippen LogP contribution is -2.15. The van der Waals surface area contributed by atoms with E-state index in [-0.39, 0.29) is 11.3 Å². The zero-order valence-electron chi connectivity index (χ0n) is 12.9. The van der Waals surface area contributed by atoms with Crippen molar-refractivity contribution in [2.24, 2.45) is 0 Å². The van der Waals surface area contributed by atoms with E-state index in [0.29, 0.717) is 12.0 Å². The Morgan fingerprint density at radius 3 is 2.13 bits per heavy atom. The molecule has 0 bridgehead atoms. The van der Waals surface area contributed by atoms with Crippen molar-refractivity contribution in [3.05, 3.63) is 65.2 Å². The molecule has 0 spiro atoms. The Labute approximate surface area is 133 Å². The Hall–Kier alpha value is -2.95. The Morgan fingerprint density at radius 1 is 0.870 bits per heavy atom. The van der Waals surface area contributed by atoms with Crippen molar-refractivity contribution < 1.29 is 23.9 Å². The molecule has 2 rings (SSSR count). The highest BCUT2D eigenvalue weighted by molar-refractivity contribution is 6.00. The third kappa shape index (κ3) is 4.03. The number of para-hydroxylation sites is 1. The van der Waals surface area contributed by atoms with Gasteiger partial charge in [-0.3, -0.25) is 4.79 Å². The first-order chi connectivity index (χ1) is 11.0. The molecule has 2 aromatic rings. The fourth-order valence-corrected chi connectivity index (χ4v) is 2.09. The molecule has 0 saturated carbocycles. The molecule has 0 aliphatic rings. The zero-order valence-corrected chi connectivity index (χ0v) is 12.9. The smallest absolute Gasteiger partial charge is 0.349 e. The van der Waals surface area contributed by atoms with Gasteiger partial charge >= 0.3 is 17.9 Å². The van der Waals surface area contributed by atoms with Crippen LogP contribution >= 0.6 is 0 Å². The molecule has 0 aliphatic heterocycles. The molecule has 0 amide bonds. The molecule has 0 radical (unpaired) electrons. The second kappa shape index (κ2) is 7.35. The van der Waals surface area contributed by atoms with Crippen LogP contribution in [-0.2, 0) is 16.0 Å². The highest BCUT2D eigenvalue weighted by Crippen LogP contribution is 2.21. The predicted octanol–water partition coefficient (Wildman–Crippen LogP) is 3.17. The molecule has 23 heavy (non-hydrogen) atoms. The van der Waals surface area contributed by atoms with Gasteiger partial charge in [0.15, 0.2) is 0 Å². The van der Waals surface area contributed by atoms with Gasteiger partial charge in [-0.15, -0.1) is 0 Å². The van der Waals surface area contributed by atoms with Crippen LogP contribution in [0.1, 0.15) is 40.1 Å². The summed E-state index contributed by atoms with van der Waals surface area (Å²) in [5.74, 6) is -2.10. The van der Waals surface area contributed by atoms with Crippen LogP contribution in [-0.4, -0.2) is 17.9 Å². The van der Waals surface area contributed by atoms with E-state index < -0.39 is 17.9 Å². The van der Waals surface area contributed by atoms with E-state index in [1.54, 1.807) is 24.3 Å². The summed E-state index contributed by atoms with van der Waals surface area (Å²) in [6.07, 6.45) is 0.680. The molecule has 0 saturated heterocycles. The molecule has 0 unspecified atom stereocenters. The van der Waals surface area contributed by atoms with Gasteiger partial charge in [-0.1, -0.05) is 37.3 Å². The van der Waals surface area contributed by atoms with Gasteiger partial charge in [0.25, 0.3) is 0 Å². The topological polar surface area (TPSA) is 69.7 Å². The van der Waals surface area contributed by atoms with E-state index in [1.165, 1.54) is 12.1 Å². The highest BCUT2D eigenvalue weighted by atomic mass is 16.6. The van der Waals surface area contributed by atoms with Crippen molar-refractivity contribution in [1.82, 2.24) is 0 Å². The lowest BCUT2D eigenvalue weighted by atomic mass is 10.1. The van der Waals surface area contributed by atoms with Gasteiger partial charge in [0.2, 0.25) is 0 Å². The molecule has 118 valence electrons. The van der Waals surface area contributed by atoms with E-state index in [2.05, 4.69) is 4.74 Å². The van der Waals surface area contributed by atoms with Gasteiger partial charge < -0.3 is 9.47 Å². The molecule has 0 heterocycles. The molecular formula is C18H16O5. The molecule has 0 N–H and O–H groups in total. The van der Waals surface area contributed by atoms with Crippen LogP contribution in [0, 0.1) is 0 Å². The van der Waals surface area contributed by atoms with Crippen molar-refractivity contribution in [2.75, 3.05) is 0 Å².